The third kappa shape index (κ3) is 9.73. The second-order valence-electron chi connectivity index (χ2n) is 18.2. The van der Waals surface area contributed by atoms with Crippen LogP contribution >= 0.6 is 0 Å². The van der Waals surface area contributed by atoms with E-state index in [1.54, 1.807) is 24.5 Å². The lowest BCUT2D eigenvalue weighted by Crippen LogP contribution is -2.29. The highest BCUT2D eigenvalue weighted by Gasteiger charge is 2.31. The molecule has 0 atom stereocenters. The second kappa shape index (κ2) is 19.2. The van der Waals surface area contributed by atoms with Crippen LogP contribution in [0.1, 0.15) is 38.8 Å². The Morgan fingerprint density at radius 3 is 1.26 bits per heavy atom. The van der Waals surface area contributed by atoms with Crippen molar-refractivity contribution in [3.63, 3.8) is 0 Å². The van der Waals surface area contributed by atoms with E-state index in [-0.39, 0.29) is 11.5 Å². The molecular formula is C63H49F2N3O2. The first-order valence-electron chi connectivity index (χ1n) is 23.3. The smallest absolute Gasteiger partial charge is 0.165 e. The molecule has 10 aromatic rings. The summed E-state index contributed by atoms with van der Waals surface area (Å²) in [6, 6.07) is 66.9. The summed E-state index contributed by atoms with van der Waals surface area (Å²) in [5.74, 6) is -0.810. The number of aromatic nitrogens is 3. The van der Waals surface area contributed by atoms with E-state index in [0.717, 1.165) is 55.8 Å². The van der Waals surface area contributed by atoms with Gasteiger partial charge in [-0.05, 0) is 174 Å². The molecule has 0 aliphatic heterocycles. The summed E-state index contributed by atoms with van der Waals surface area (Å²) < 4.78 is 45.0. The standard InChI is InChI=1S/C63H49F2N3O2/c1-62(2,69-60-30-28-48(38-55(60)64)57-18-10-12-33-66-57)51-36-50(37-52(41-51)63(3,4)70-61-31-29-49(39-56(61)65)58-19-11-13-34-67-58)54-17-9-8-16-53(54)45-24-26-46(27-25-45)59-40-47(32-35-68-59)44-22-20-43(21-23-44)42-14-6-5-7-15-42/h5-41H,1-4H3. The van der Waals surface area contributed by atoms with Gasteiger partial charge in [0.15, 0.2) is 23.1 Å². The topological polar surface area (TPSA) is 57.1 Å². The van der Waals surface area contributed by atoms with E-state index in [9.17, 15) is 0 Å². The fourth-order valence-electron chi connectivity index (χ4n) is 8.76. The second-order valence-corrected chi connectivity index (χ2v) is 18.2. The summed E-state index contributed by atoms with van der Waals surface area (Å²) in [5.41, 5.74) is 12.3. The molecule has 5 nitrogen and oxygen atoms in total. The third-order valence-corrected chi connectivity index (χ3v) is 12.7. The van der Waals surface area contributed by atoms with Gasteiger partial charge >= 0.3 is 0 Å². The van der Waals surface area contributed by atoms with E-state index in [0.29, 0.717) is 22.5 Å². The number of pyridine rings is 3. The van der Waals surface area contributed by atoms with Crippen molar-refractivity contribution in [3.8, 4) is 89.8 Å². The monoisotopic (exact) mass is 917 g/mol. The first-order chi connectivity index (χ1) is 34.0. The molecule has 0 saturated carbocycles. The summed E-state index contributed by atoms with van der Waals surface area (Å²) in [6.07, 6.45) is 5.22. The highest BCUT2D eigenvalue weighted by molar-refractivity contribution is 5.85. The molecule has 0 aliphatic rings. The molecule has 0 fully saturated rings. The highest BCUT2D eigenvalue weighted by atomic mass is 19.1. The molecule has 0 aliphatic carbocycles. The number of halogens is 2. The lowest BCUT2D eigenvalue weighted by atomic mass is 9.85. The van der Waals surface area contributed by atoms with E-state index in [1.807, 2.05) is 113 Å². The Morgan fingerprint density at radius 2 is 0.743 bits per heavy atom. The number of nitrogens with zero attached hydrogens (tertiary/aromatic N) is 3. The number of hydrogen-bond donors (Lipinski definition) is 0. The van der Waals surface area contributed by atoms with Crippen molar-refractivity contribution in [2.75, 3.05) is 0 Å². The lowest BCUT2D eigenvalue weighted by Gasteiger charge is -2.32. The average Bonchev–Trinajstić information content (AvgIpc) is 3.40. The van der Waals surface area contributed by atoms with Gasteiger partial charge in [-0.25, -0.2) is 8.78 Å². The minimum atomic E-state index is -1.05. The van der Waals surface area contributed by atoms with Crippen LogP contribution in [-0.2, 0) is 11.2 Å². The van der Waals surface area contributed by atoms with Gasteiger partial charge in [0.2, 0.25) is 0 Å². The maximum Gasteiger partial charge on any atom is 0.165 e. The molecule has 7 heteroatoms. The van der Waals surface area contributed by atoms with E-state index in [1.165, 1.54) is 23.3 Å². The van der Waals surface area contributed by atoms with Crippen molar-refractivity contribution in [1.82, 2.24) is 15.0 Å². The molecular weight excluding hydrogens is 869 g/mol. The molecule has 0 bridgehead atoms. The molecule has 0 unspecified atom stereocenters. The van der Waals surface area contributed by atoms with Crippen LogP contribution < -0.4 is 9.47 Å². The van der Waals surface area contributed by atoms with Gasteiger partial charge in [0.1, 0.15) is 11.2 Å². The van der Waals surface area contributed by atoms with Crippen LogP contribution in [-0.4, -0.2) is 15.0 Å². The van der Waals surface area contributed by atoms with Crippen LogP contribution in [0.5, 0.6) is 11.5 Å². The summed E-state index contributed by atoms with van der Waals surface area (Å²) in [4.78, 5) is 13.5. The van der Waals surface area contributed by atoms with Gasteiger partial charge in [-0.2, -0.15) is 0 Å². The lowest BCUT2D eigenvalue weighted by molar-refractivity contribution is 0.0958. The molecule has 3 aromatic heterocycles. The maximum atomic E-state index is 15.9. The summed E-state index contributed by atoms with van der Waals surface area (Å²) >= 11 is 0. The molecule has 0 N–H and O–H groups in total. The van der Waals surface area contributed by atoms with Gasteiger partial charge in [-0.3, -0.25) is 15.0 Å². The third-order valence-electron chi connectivity index (χ3n) is 12.7. The maximum absolute atomic E-state index is 15.9. The molecule has 3 heterocycles. The van der Waals surface area contributed by atoms with Crippen molar-refractivity contribution >= 4 is 0 Å². The first-order valence-corrected chi connectivity index (χ1v) is 23.3. The fraction of sp³-hybridized carbons (Fsp3) is 0.0952. The quantitative estimate of drug-likeness (QED) is 0.115. The Hall–Kier alpha value is -8.55. The Morgan fingerprint density at radius 1 is 0.314 bits per heavy atom. The summed E-state index contributed by atoms with van der Waals surface area (Å²) in [7, 11) is 0. The van der Waals surface area contributed by atoms with Crippen LogP contribution in [0.4, 0.5) is 8.78 Å². The molecule has 0 saturated heterocycles. The van der Waals surface area contributed by atoms with E-state index in [4.69, 9.17) is 14.5 Å². The normalized spacial score (nSPS) is 11.6. The molecule has 10 rings (SSSR count). The van der Waals surface area contributed by atoms with E-state index >= 15 is 8.78 Å². The minimum Gasteiger partial charge on any atom is -0.480 e. The highest BCUT2D eigenvalue weighted by Crippen LogP contribution is 2.41. The molecule has 0 radical (unpaired) electrons. The van der Waals surface area contributed by atoms with Crippen LogP contribution in [0.15, 0.2) is 225 Å². The SMILES string of the molecule is CC(C)(Oc1ccc(-c2ccccn2)cc1F)c1cc(-c2ccccc2-c2ccc(-c3cc(-c4ccc(-c5ccccc5)cc4)ccn3)cc2)cc(C(C)(C)Oc2ccc(-c3ccccn3)cc2F)c1. The zero-order valence-corrected chi connectivity index (χ0v) is 39.3. The summed E-state index contributed by atoms with van der Waals surface area (Å²) in [5, 5.41) is 0. The molecule has 0 amide bonds. The van der Waals surface area contributed by atoms with Crippen LogP contribution in [0, 0.1) is 11.6 Å². The van der Waals surface area contributed by atoms with Crippen LogP contribution in [0.3, 0.4) is 0 Å². The van der Waals surface area contributed by atoms with E-state index < -0.39 is 22.8 Å². The number of benzene rings is 7. The Kier molecular flexibility index (Phi) is 12.4. The molecule has 0 spiro atoms. The van der Waals surface area contributed by atoms with Crippen LogP contribution in [0.2, 0.25) is 0 Å². The predicted molar refractivity (Wildman–Crippen MR) is 278 cm³/mol. The van der Waals surface area contributed by atoms with Crippen molar-refractivity contribution in [1.29, 1.82) is 0 Å². The fourth-order valence-corrected chi connectivity index (χ4v) is 8.76. The van der Waals surface area contributed by atoms with Crippen molar-refractivity contribution in [3.05, 3.63) is 248 Å². The number of hydrogen-bond acceptors (Lipinski definition) is 5. The molecule has 7 aromatic carbocycles. The van der Waals surface area contributed by atoms with Crippen LogP contribution in [0.25, 0.3) is 78.3 Å². The van der Waals surface area contributed by atoms with Gasteiger partial charge in [-0.15, -0.1) is 0 Å². The van der Waals surface area contributed by atoms with Gasteiger partial charge in [0.25, 0.3) is 0 Å². The zero-order valence-electron chi connectivity index (χ0n) is 39.3. The number of ether oxygens (including phenoxy) is 2. The van der Waals surface area contributed by atoms with Gasteiger partial charge in [-0.1, -0.05) is 115 Å². The van der Waals surface area contributed by atoms with Crippen molar-refractivity contribution < 1.29 is 18.3 Å². The van der Waals surface area contributed by atoms with Gasteiger partial charge in [0.05, 0.1) is 17.1 Å². The Labute approximate surface area is 407 Å². The van der Waals surface area contributed by atoms with Crippen molar-refractivity contribution in [2.45, 2.75) is 38.9 Å². The largest absolute Gasteiger partial charge is 0.480 e. The zero-order chi connectivity index (χ0) is 48.2. The number of rotatable bonds is 13. The van der Waals surface area contributed by atoms with Gasteiger partial charge < -0.3 is 9.47 Å². The van der Waals surface area contributed by atoms with E-state index in [2.05, 4.69) is 113 Å². The Bertz CT molecular complexity index is 3310. The predicted octanol–water partition coefficient (Wildman–Crippen LogP) is 16.4. The first kappa shape index (κ1) is 45.2. The van der Waals surface area contributed by atoms with Crippen molar-refractivity contribution in [2.24, 2.45) is 0 Å². The summed E-state index contributed by atoms with van der Waals surface area (Å²) in [6.45, 7) is 7.66. The minimum absolute atomic E-state index is 0.101. The average molecular weight is 918 g/mol. The van der Waals surface area contributed by atoms with Gasteiger partial charge in [0, 0.05) is 35.3 Å². The molecule has 70 heavy (non-hydrogen) atoms. The molecule has 342 valence electrons. The Balaban J connectivity index is 0.989.